The van der Waals surface area contributed by atoms with Gasteiger partial charge in [0.25, 0.3) is 5.56 Å². The van der Waals surface area contributed by atoms with E-state index in [2.05, 4.69) is 9.97 Å². The van der Waals surface area contributed by atoms with Crippen LogP contribution in [0.5, 0.6) is 0 Å². The second-order valence-electron chi connectivity index (χ2n) is 6.99. The zero-order valence-corrected chi connectivity index (χ0v) is 15.1. The van der Waals surface area contributed by atoms with E-state index in [-0.39, 0.29) is 11.5 Å². The molecular formula is C19H24N4O3. The van der Waals surface area contributed by atoms with Crippen LogP contribution in [0.1, 0.15) is 43.5 Å². The van der Waals surface area contributed by atoms with Crippen molar-refractivity contribution in [2.75, 3.05) is 26.3 Å². The lowest BCUT2D eigenvalue weighted by atomic mass is 9.95. The summed E-state index contributed by atoms with van der Waals surface area (Å²) in [4.78, 5) is 36.8. The number of ether oxygens (including phenoxy) is 1. The van der Waals surface area contributed by atoms with Crippen LogP contribution < -0.4 is 5.56 Å². The van der Waals surface area contributed by atoms with Crippen molar-refractivity contribution in [2.45, 2.75) is 45.1 Å². The molecule has 138 valence electrons. The molecule has 7 nitrogen and oxygen atoms in total. The highest BCUT2D eigenvalue weighted by molar-refractivity contribution is 5.81. The molecule has 0 bridgehead atoms. The molecule has 4 rings (SSSR count). The van der Waals surface area contributed by atoms with E-state index in [9.17, 15) is 9.59 Å². The molecule has 0 saturated carbocycles. The number of amides is 1. The van der Waals surface area contributed by atoms with Gasteiger partial charge in [0.15, 0.2) is 5.65 Å². The smallest absolute Gasteiger partial charge is 0.263 e. The van der Waals surface area contributed by atoms with Gasteiger partial charge in [-0.3, -0.25) is 14.2 Å². The summed E-state index contributed by atoms with van der Waals surface area (Å²) in [5.74, 6) is -0.0371. The molecule has 1 aliphatic heterocycles. The van der Waals surface area contributed by atoms with Crippen LogP contribution in [-0.4, -0.2) is 51.6 Å². The molecule has 2 aromatic heterocycles. The molecule has 26 heavy (non-hydrogen) atoms. The van der Waals surface area contributed by atoms with Crippen LogP contribution in [0.15, 0.2) is 17.2 Å². The van der Waals surface area contributed by atoms with Crippen molar-refractivity contribution in [1.29, 1.82) is 0 Å². The maximum Gasteiger partial charge on any atom is 0.263 e. The average molecular weight is 356 g/mol. The predicted octanol–water partition coefficient (Wildman–Crippen LogP) is 1.48. The molecule has 0 aromatic carbocycles. The van der Waals surface area contributed by atoms with E-state index in [1.807, 2.05) is 13.0 Å². The van der Waals surface area contributed by atoms with Crippen LogP contribution in [0.3, 0.4) is 0 Å². The fourth-order valence-corrected chi connectivity index (χ4v) is 3.89. The largest absolute Gasteiger partial charge is 0.378 e. The summed E-state index contributed by atoms with van der Waals surface area (Å²) < 4.78 is 6.80. The number of carbonyl (C=O) groups excluding carboxylic acids is 1. The SMILES string of the molecule is CCC(C(=O)N1CCOCC1)n1cnc2nc3c(cc2c1=O)CCCC3. The fourth-order valence-electron chi connectivity index (χ4n) is 3.89. The third-order valence-electron chi connectivity index (χ3n) is 5.38. The first-order valence-corrected chi connectivity index (χ1v) is 9.45. The molecule has 1 unspecified atom stereocenters. The van der Waals surface area contributed by atoms with Crippen LogP contribution in [0.4, 0.5) is 0 Å². The molecular weight excluding hydrogens is 332 g/mol. The van der Waals surface area contributed by atoms with Gasteiger partial charge in [-0.15, -0.1) is 0 Å². The molecule has 1 amide bonds. The zero-order valence-electron chi connectivity index (χ0n) is 15.1. The number of aromatic nitrogens is 3. The predicted molar refractivity (Wildman–Crippen MR) is 97.2 cm³/mol. The van der Waals surface area contributed by atoms with E-state index >= 15 is 0 Å². The summed E-state index contributed by atoms with van der Waals surface area (Å²) in [6.45, 7) is 4.15. The molecule has 3 heterocycles. The molecule has 2 aromatic rings. The Kier molecular flexibility index (Phi) is 4.72. The average Bonchev–Trinajstić information content (AvgIpc) is 2.69. The second-order valence-corrected chi connectivity index (χ2v) is 6.99. The number of morpholine rings is 1. The standard InChI is InChI=1S/C19H24N4O3/c1-2-16(19(25)22-7-9-26-10-8-22)23-12-20-17-14(18(23)24)11-13-5-3-4-6-15(13)21-17/h11-12,16H,2-10H2,1H3. The second kappa shape index (κ2) is 7.15. The Bertz CT molecular complexity index is 886. The molecule has 0 spiro atoms. The molecule has 1 fully saturated rings. The number of fused-ring (bicyclic) bond motifs is 2. The molecule has 0 N–H and O–H groups in total. The Balaban J connectivity index is 1.73. The molecule has 2 aliphatic rings. The molecule has 7 heteroatoms. The van der Waals surface area contributed by atoms with Crippen molar-refractivity contribution >= 4 is 16.9 Å². The van der Waals surface area contributed by atoms with Crippen LogP contribution in [0.2, 0.25) is 0 Å². The highest BCUT2D eigenvalue weighted by Crippen LogP contribution is 2.22. The summed E-state index contributed by atoms with van der Waals surface area (Å²) in [6.07, 6.45) is 6.19. The van der Waals surface area contributed by atoms with Crippen LogP contribution >= 0.6 is 0 Å². The van der Waals surface area contributed by atoms with Crippen molar-refractivity contribution in [2.24, 2.45) is 0 Å². The highest BCUT2D eigenvalue weighted by atomic mass is 16.5. The van der Waals surface area contributed by atoms with Gasteiger partial charge < -0.3 is 9.64 Å². The number of carbonyl (C=O) groups is 1. The number of hydrogen-bond donors (Lipinski definition) is 0. The van der Waals surface area contributed by atoms with Gasteiger partial charge in [-0.2, -0.15) is 0 Å². The summed E-state index contributed by atoms with van der Waals surface area (Å²) in [7, 11) is 0. The molecule has 1 aliphatic carbocycles. The number of aryl methyl sites for hydroxylation is 2. The minimum absolute atomic E-state index is 0.0371. The van der Waals surface area contributed by atoms with Gasteiger partial charge in [0, 0.05) is 18.8 Å². The van der Waals surface area contributed by atoms with Gasteiger partial charge in [0.1, 0.15) is 12.4 Å². The van der Waals surface area contributed by atoms with Gasteiger partial charge in [-0.25, -0.2) is 9.97 Å². The lowest BCUT2D eigenvalue weighted by Gasteiger charge is -2.30. The number of rotatable bonds is 3. The third-order valence-corrected chi connectivity index (χ3v) is 5.38. The Labute approximate surface area is 152 Å². The maximum absolute atomic E-state index is 13.1. The molecule has 1 saturated heterocycles. The van der Waals surface area contributed by atoms with E-state index < -0.39 is 6.04 Å². The normalized spacial score (nSPS) is 18.6. The first-order chi connectivity index (χ1) is 12.7. The van der Waals surface area contributed by atoms with E-state index in [1.54, 1.807) is 4.90 Å². The van der Waals surface area contributed by atoms with Crippen LogP contribution in [0.25, 0.3) is 11.0 Å². The molecule has 0 radical (unpaired) electrons. The van der Waals surface area contributed by atoms with Gasteiger partial charge in [0.05, 0.1) is 18.6 Å². The van der Waals surface area contributed by atoms with Crippen molar-refractivity contribution in [3.05, 3.63) is 34.0 Å². The Morgan fingerprint density at radius 2 is 2.04 bits per heavy atom. The van der Waals surface area contributed by atoms with Gasteiger partial charge in [-0.1, -0.05) is 6.92 Å². The monoisotopic (exact) mass is 356 g/mol. The number of nitrogens with zero attached hydrogens (tertiary/aromatic N) is 4. The zero-order chi connectivity index (χ0) is 18.1. The minimum atomic E-state index is -0.534. The summed E-state index contributed by atoms with van der Waals surface area (Å²) in [5.41, 5.74) is 2.52. The van der Waals surface area contributed by atoms with Crippen LogP contribution in [-0.2, 0) is 22.4 Å². The van der Waals surface area contributed by atoms with Gasteiger partial charge >= 0.3 is 0 Å². The molecule has 1 atom stereocenters. The number of pyridine rings is 1. The fraction of sp³-hybridized carbons (Fsp3) is 0.579. The third kappa shape index (κ3) is 3.00. The first-order valence-electron chi connectivity index (χ1n) is 9.45. The summed E-state index contributed by atoms with van der Waals surface area (Å²) in [6, 6.07) is 1.41. The first kappa shape index (κ1) is 17.1. The minimum Gasteiger partial charge on any atom is -0.378 e. The van der Waals surface area contributed by atoms with Crippen molar-refractivity contribution in [1.82, 2.24) is 19.4 Å². The topological polar surface area (TPSA) is 77.3 Å². The summed E-state index contributed by atoms with van der Waals surface area (Å²) in [5, 5.41) is 0.515. The van der Waals surface area contributed by atoms with Crippen molar-refractivity contribution < 1.29 is 9.53 Å². The Morgan fingerprint density at radius 3 is 2.81 bits per heavy atom. The Hall–Kier alpha value is -2.28. The van der Waals surface area contributed by atoms with E-state index in [1.165, 1.54) is 10.9 Å². The lowest BCUT2D eigenvalue weighted by Crippen LogP contribution is -2.45. The summed E-state index contributed by atoms with van der Waals surface area (Å²) >= 11 is 0. The van der Waals surface area contributed by atoms with Gasteiger partial charge in [-0.05, 0) is 43.7 Å². The Morgan fingerprint density at radius 1 is 1.27 bits per heavy atom. The highest BCUT2D eigenvalue weighted by Gasteiger charge is 2.27. The quantitative estimate of drug-likeness (QED) is 0.832. The van der Waals surface area contributed by atoms with E-state index in [4.69, 9.17) is 4.74 Å². The van der Waals surface area contributed by atoms with Crippen molar-refractivity contribution in [3.8, 4) is 0 Å². The van der Waals surface area contributed by atoms with Crippen molar-refractivity contribution in [3.63, 3.8) is 0 Å². The van der Waals surface area contributed by atoms with Crippen LogP contribution in [0, 0.1) is 0 Å². The lowest BCUT2D eigenvalue weighted by molar-refractivity contribution is -0.139. The number of hydrogen-bond acceptors (Lipinski definition) is 5. The van der Waals surface area contributed by atoms with E-state index in [0.29, 0.717) is 43.8 Å². The van der Waals surface area contributed by atoms with Gasteiger partial charge in [0.2, 0.25) is 5.91 Å². The maximum atomic E-state index is 13.1. The van der Waals surface area contributed by atoms with E-state index in [0.717, 1.165) is 36.9 Å².